The van der Waals surface area contributed by atoms with E-state index in [1.54, 1.807) is 20.4 Å². The van der Waals surface area contributed by atoms with Crippen molar-refractivity contribution in [1.29, 1.82) is 0 Å². The van der Waals surface area contributed by atoms with Gasteiger partial charge in [0.2, 0.25) is 0 Å². The molecule has 0 spiro atoms. The first-order valence-corrected chi connectivity index (χ1v) is 7.54. The van der Waals surface area contributed by atoms with E-state index in [9.17, 15) is 0 Å². The van der Waals surface area contributed by atoms with E-state index in [2.05, 4.69) is 39.2 Å². The lowest BCUT2D eigenvalue weighted by Gasteiger charge is -2.21. The molecule has 1 N–H and O–H groups in total. The summed E-state index contributed by atoms with van der Waals surface area (Å²) < 4.78 is 11.7. The van der Waals surface area contributed by atoms with Crippen LogP contribution in [0.1, 0.15) is 24.1 Å². The Kier molecular flexibility index (Phi) is 5.59. The van der Waals surface area contributed by atoms with E-state index in [0.717, 1.165) is 33.6 Å². The second-order valence-corrected chi connectivity index (χ2v) is 5.45. The number of benzene rings is 1. The Bertz CT molecular complexity index is 605. The third-order valence-corrected chi connectivity index (χ3v) is 3.65. The van der Waals surface area contributed by atoms with E-state index < -0.39 is 0 Å². The van der Waals surface area contributed by atoms with Gasteiger partial charge in [0.05, 0.1) is 20.3 Å². The molecule has 0 saturated heterocycles. The molecule has 0 aliphatic heterocycles. The van der Waals surface area contributed by atoms with Gasteiger partial charge in [-0.15, -0.1) is 0 Å². The molecule has 1 heterocycles. The maximum atomic E-state index is 5.51. The second-order valence-electron chi connectivity index (χ2n) is 4.54. The monoisotopic (exact) mass is 350 g/mol. The van der Waals surface area contributed by atoms with Gasteiger partial charge in [-0.2, -0.15) is 0 Å². The van der Waals surface area contributed by atoms with E-state index in [0.29, 0.717) is 0 Å². The SMILES string of the molecule is CCNC(c1cncc(Br)c1)c1ccc(OC)cc1OC. The summed E-state index contributed by atoms with van der Waals surface area (Å²) in [5.74, 6) is 1.57. The van der Waals surface area contributed by atoms with Crippen molar-refractivity contribution in [3.8, 4) is 11.5 Å². The van der Waals surface area contributed by atoms with Crippen molar-refractivity contribution in [2.45, 2.75) is 13.0 Å². The number of hydrogen-bond acceptors (Lipinski definition) is 4. The lowest BCUT2D eigenvalue weighted by molar-refractivity contribution is 0.387. The predicted octanol–water partition coefficient (Wildman–Crippen LogP) is 3.56. The Morgan fingerprint density at radius 3 is 2.62 bits per heavy atom. The van der Waals surface area contributed by atoms with Gasteiger partial charge in [-0.1, -0.05) is 6.92 Å². The molecule has 1 atom stereocenters. The van der Waals surface area contributed by atoms with Crippen molar-refractivity contribution in [2.24, 2.45) is 0 Å². The van der Waals surface area contributed by atoms with Crippen molar-refractivity contribution in [3.05, 3.63) is 52.3 Å². The van der Waals surface area contributed by atoms with Crippen molar-refractivity contribution in [3.63, 3.8) is 0 Å². The van der Waals surface area contributed by atoms with Crippen LogP contribution in [0.5, 0.6) is 11.5 Å². The molecular weight excluding hydrogens is 332 g/mol. The smallest absolute Gasteiger partial charge is 0.127 e. The quantitative estimate of drug-likeness (QED) is 0.864. The van der Waals surface area contributed by atoms with E-state index in [4.69, 9.17) is 9.47 Å². The van der Waals surface area contributed by atoms with Gasteiger partial charge in [0.15, 0.2) is 0 Å². The van der Waals surface area contributed by atoms with Crippen LogP contribution in [0.2, 0.25) is 0 Å². The normalized spacial score (nSPS) is 12.0. The lowest BCUT2D eigenvalue weighted by Crippen LogP contribution is -2.22. The molecule has 2 rings (SSSR count). The molecule has 0 amide bonds. The van der Waals surface area contributed by atoms with Gasteiger partial charge in [0.1, 0.15) is 11.5 Å². The molecule has 0 saturated carbocycles. The van der Waals surface area contributed by atoms with Crippen LogP contribution in [0.15, 0.2) is 41.1 Å². The zero-order valence-corrected chi connectivity index (χ0v) is 14.0. The number of nitrogens with one attached hydrogen (secondary N) is 1. The average molecular weight is 351 g/mol. The van der Waals surface area contributed by atoms with Gasteiger partial charge in [-0.05, 0) is 46.2 Å². The molecule has 1 aromatic carbocycles. The van der Waals surface area contributed by atoms with Gasteiger partial charge in [0, 0.05) is 28.5 Å². The van der Waals surface area contributed by atoms with Crippen LogP contribution >= 0.6 is 15.9 Å². The standard InChI is InChI=1S/C16H19BrN2O2/c1-4-19-16(11-7-12(17)10-18-9-11)14-6-5-13(20-2)8-15(14)21-3/h5-10,16,19H,4H2,1-3H3. The largest absolute Gasteiger partial charge is 0.497 e. The summed E-state index contributed by atoms with van der Waals surface area (Å²) in [6, 6.07) is 7.93. The second kappa shape index (κ2) is 7.43. The molecule has 5 heteroatoms. The highest BCUT2D eigenvalue weighted by molar-refractivity contribution is 9.10. The first-order valence-electron chi connectivity index (χ1n) is 6.75. The molecule has 0 radical (unpaired) electrons. The molecule has 1 unspecified atom stereocenters. The molecule has 2 aromatic rings. The van der Waals surface area contributed by atoms with Gasteiger partial charge >= 0.3 is 0 Å². The number of hydrogen-bond donors (Lipinski definition) is 1. The summed E-state index contributed by atoms with van der Waals surface area (Å²) in [5.41, 5.74) is 2.13. The van der Waals surface area contributed by atoms with E-state index >= 15 is 0 Å². The van der Waals surface area contributed by atoms with Crippen LogP contribution in [0, 0.1) is 0 Å². The Labute approximate surface area is 133 Å². The summed E-state index contributed by atoms with van der Waals surface area (Å²) in [4.78, 5) is 4.25. The highest BCUT2D eigenvalue weighted by Gasteiger charge is 2.18. The Balaban J connectivity index is 2.47. The van der Waals surface area contributed by atoms with Crippen LogP contribution in [-0.2, 0) is 0 Å². The van der Waals surface area contributed by atoms with Crippen molar-refractivity contribution < 1.29 is 9.47 Å². The number of pyridine rings is 1. The minimum absolute atomic E-state index is 0.0147. The van der Waals surface area contributed by atoms with Crippen LogP contribution in [0.25, 0.3) is 0 Å². The van der Waals surface area contributed by atoms with Gasteiger partial charge < -0.3 is 14.8 Å². The summed E-state index contributed by atoms with van der Waals surface area (Å²) in [5, 5.41) is 3.47. The maximum Gasteiger partial charge on any atom is 0.127 e. The van der Waals surface area contributed by atoms with Crippen LogP contribution in [-0.4, -0.2) is 25.7 Å². The zero-order chi connectivity index (χ0) is 15.2. The lowest BCUT2D eigenvalue weighted by atomic mass is 9.99. The topological polar surface area (TPSA) is 43.4 Å². The van der Waals surface area contributed by atoms with Gasteiger partial charge in [-0.3, -0.25) is 4.98 Å². The van der Waals surface area contributed by atoms with E-state index in [1.165, 1.54) is 0 Å². The molecule has 1 aromatic heterocycles. The third kappa shape index (κ3) is 3.74. The maximum absolute atomic E-state index is 5.51. The first kappa shape index (κ1) is 15.8. The summed E-state index contributed by atoms with van der Waals surface area (Å²) >= 11 is 3.47. The van der Waals surface area contributed by atoms with Gasteiger partial charge in [0.25, 0.3) is 0 Å². The highest BCUT2D eigenvalue weighted by atomic mass is 79.9. The molecule has 21 heavy (non-hydrogen) atoms. The Morgan fingerprint density at radius 1 is 1.19 bits per heavy atom. The molecule has 0 aliphatic rings. The average Bonchev–Trinajstić information content (AvgIpc) is 2.52. The summed E-state index contributed by atoms with van der Waals surface area (Å²) in [6.07, 6.45) is 3.64. The van der Waals surface area contributed by atoms with E-state index in [1.807, 2.05) is 24.4 Å². The Hall–Kier alpha value is -1.59. The highest BCUT2D eigenvalue weighted by Crippen LogP contribution is 2.33. The van der Waals surface area contributed by atoms with Crippen molar-refractivity contribution >= 4 is 15.9 Å². The molecule has 112 valence electrons. The van der Waals surface area contributed by atoms with Gasteiger partial charge in [-0.25, -0.2) is 0 Å². The zero-order valence-electron chi connectivity index (χ0n) is 12.4. The van der Waals surface area contributed by atoms with Crippen LogP contribution in [0.3, 0.4) is 0 Å². The fourth-order valence-electron chi connectivity index (χ4n) is 2.25. The predicted molar refractivity (Wildman–Crippen MR) is 87.0 cm³/mol. The minimum Gasteiger partial charge on any atom is -0.497 e. The van der Waals surface area contributed by atoms with Crippen LogP contribution in [0.4, 0.5) is 0 Å². The molecule has 0 fully saturated rings. The number of ether oxygens (including phenoxy) is 2. The number of nitrogens with zero attached hydrogens (tertiary/aromatic N) is 1. The summed E-state index contributed by atoms with van der Waals surface area (Å²) in [7, 11) is 3.31. The third-order valence-electron chi connectivity index (χ3n) is 3.22. The van der Waals surface area contributed by atoms with E-state index in [-0.39, 0.29) is 6.04 Å². The molecular formula is C16H19BrN2O2. The van der Waals surface area contributed by atoms with Crippen molar-refractivity contribution in [1.82, 2.24) is 10.3 Å². The Morgan fingerprint density at radius 2 is 2.00 bits per heavy atom. The fourth-order valence-corrected chi connectivity index (χ4v) is 2.64. The fraction of sp³-hybridized carbons (Fsp3) is 0.312. The number of rotatable bonds is 6. The molecule has 0 bridgehead atoms. The number of methoxy groups -OCH3 is 2. The minimum atomic E-state index is 0.0147. The number of halogens is 1. The van der Waals surface area contributed by atoms with Crippen molar-refractivity contribution in [2.75, 3.05) is 20.8 Å². The number of aromatic nitrogens is 1. The first-order chi connectivity index (χ1) is 10.2. The van der Waals surface area contributed by atoms with Crippen LogP contribution < -0.4 is 14.8 Å². The molecule has 0 aliphatic carbocycles. The summed E-state index contributed by atoms with van der Waals surface area (Å²) in [6.45, 7) is 2.92. The molecule has 4 nitrogen and oxygen atoms in total.